The Hall–Kier alpha value is -1.59. The third-order valence-electron chi connectivity index (χ3n) is 1.12. The lowest BCUT2D eigenvalue weighted by molar-refractivity contribution is -0.138. The van der Waals surface area contributed by atoms with E-state index >= 15 is 0 Å². The minimum atomic E-state index is -1.34. The molecule has 1 unspecified atom stereocenters. The molecule has 1 rings (SSSR count). The van der Waals surface area contributed by atoms with E-state index in [1.54, 1.807) is 0 Å². The SMILES string of the molecule is O=C(O)C1=NC(C(=O)O)CO1. The topological polar surface area (TPSA) is 96.2 Å². The zero-order chi connectivity index (χ0) is 8.43. The van der Waals surface area contributed by atoms with Gasteiger partial charge in [-0.3, -0.25) is 0 Å². The van der Waals surface area contributed by atoms with Gasteiger partial charge in [-0.15, -0.1) is 0 Å². The molecule has 2 N–H and O–H groups in total. The van der Waals surface area contributed by atoms with Crippen molar-refractivity contribution < 1.29 is 24.5 Å². The van der Waals surface area contributed by atoms with Gasteiger partial charge < -0.3 is 14.9 Å². The molecular formula is C5H5NO5. The molecule has 1 heterocycles. The fourth-order valence-electron chi connectivity index (χ4n) is 0.617. The predicted molar refractivity (Wildman–Crippen MR) is 32.4 cm³/mol. The van der Waals surface area contributed by atoms with Gasteiger partial charge in [-0.05, 0) is 0 Å². The largest absolute Gasteiger partial charge is 0.480 e. The Balaban J connectivity index is 2.68. The molecule has 1 atom stereocenters. The summed E-state index contributed by atoms with van der Waals surface area (Å²) in [7, 11) is 0. The van der Waals surface area contributed by atoms with Gasteiger partial charge in [-0.1, -0.05) is 0 Å². The molecule has 0 saturated heterocycles. The van der Waals surface area contributed by atoms with Crippen molar-refractivity contribution in [3.8, 4) is 0 Å². The van der Waals surface area contributed by atoms with Gasteiger partial charge in [0.15, 0.2) is 6.04 Å². The summed E-state index contributed by atoms with van der Waals surface area (Å²) in [5, 5.41) is 16.6. The van der Waals surface area contributed by atoms with Crippen LogP contribution in [-0.2, 0) is 14.3 Å². The summed E-state index contributed by atoms with van der Waals surface area (Å²) in [6.45, 7) is -0.197. The molecule has 0 aromatic rings. The van der Waals surface area contributed by atoms with Gasteiger partial charge in [0.1, 0.15) is 6.61 Å². The van der Waals surface area contributed by atoms with E-state index in [-0.39, 0.29) is 6.61 Å². The molecule has 60 valence electrons. The summed E-state index contributed by atoms with van der Waals surface area (Å²) >= 11 is 0. The fraction of sp³-hybridized carbons (Fsp3) is 0.400. The van der Waals surface area contributed by atoms with E-state index in [1.807, 2.05) is 0 Å². The van der Waals surface area contributed by atoms with E-state index in [0.29, 0.717) is 0 Å². The smallest absolute Gasteiger partial charge is 0.391 e. The molecule has 0 aromatic heterocycles. The molecule has 0 amide bonds. The van der Waals surface area contributed by atoms with Crippen molar-refractivity contribution in [2.45, 2.75) is 6.04 Å². The molecule has 6 nitrogen and oxygen atoms in total. The highest BCUT2D eigenvalue weighted by atomic mass is 16.5. The summed E-state index contributed by atoms with van der Waals surface area (Å²) in [5.41, 5.74) is 0. The van der Waals surface area contributed by atoms with Crippen LogP contribution in [0.15, 0.2) is 4.99 Å². The molecule has 6 heteroatoms. The normalized spacial score (nSPS) is 22.2. The Kier molecular flexibility index (Phi) is 1.75. The summed E-state index contributed by atoms with van der Waals surface area (Å²) in [5.74, 6) is -3.05. The molecule has 11 heavy (non-hydrogen) atoms. The molecule has 0 spiro atoms. The quantitative estimate of drug-likeness (QED) is 0.536. The van der Waals surface area contributed by atoms with Crippen molar-refractivity contribution in [2.75, 3.05) is 6.61 Å². The Morgan fingerprint density at radius 3 is 2.45 bits per heavy atom. The van der Waals surface area contributed by atoms with Gasteiger partial charge in [0, 0.05) is 0 Å². The van der Waals surface area contributed by atoms with E-state index < -0.39 is 23.9 Å². The number of hydrogen-bond donors (Lipinski definition) is 2. The standard InChI is InChI=1S/C5H5NO5/c7-4(8)2-1-11-3(6-2)5(9)10/h2H,1H2,(H,7,8)(H,9,10). The Morgan fingerprint density at radius 2 is 2.18 bits per heavy atom. The number of carbonyl (C=O) groups is 2. The molecule has 1 aliphatic heterocycles. The maximum Gasteiger partial charge on any atom is 0.391 e. The molecule has 0 saturated carbocycles. The minimum absolute atomic E-state index is 0.197. The molecular weight excluding hydrogens is 154 g/mol. The van der Waals surface area contributed by atoms with E-state index in [9.17, 15) is 9.59 Å². The van der Waals surface area contributed by atoms with Gasteiger partial charge in [0.2, 0.25) is 0 Å². The van der Waals surface area contributed by atoms with Gasteiger partial charge in [-0.2, -0.15) is 0 Å². The molecule has 0 radical (unpaired) electrons. The van der Waals surface area contributed by atoms with Gasteiger partial charge in [0.25, 0.3) is 5.90 Å². The first-order valence-corrected chi connectivity index (χ1v) is 2.78. The second-order valence-corrected chi connectivity index (χ2v) is 1.90. The maximum absolute atomic E-state index is 10.2. The molecule has 0 aromatic carbocycles. The average Bonchev–Trinajstić information content (AvgIpc) is 2.33. The van der Waals surface area contributed by atoms with Crippen molar-refractivity contribution in [3.05, 3.63) is 0 Å². The number of nitrogens with zero attached hydrogens (tertiary/aromatic N) is 1. The van der Waals surface area contributed by atoms with Crippen LogP contribution in [0.25, 0.3) is 0 Å². The number of ether oxygens (including phenoxy) is 1. The Morgan fingerprint density at radius 1 is 1.55 bits per heavy atom. The van der Waals surface area contributed by atoms with Crippen LogP contribution < -0.4 is 0 Å². The first-order chi connectivity index (χ1) is 5.11. The van der Waals surface area contributed by atoms with Crippen LogP contribution in [0.1, 0.15) is 0 Å². The van der Waals surface area contributed by atoms with Crippen LogP contribution in [0.4, 0.5) is 0 Å². The summed E-state index contributed by atoms with van der Waals surface area (Å²) in [4.78, 5) is 23.6. The highest BCUT2D eigenvalue weighted by molar-refractivity contribution is 6.32. The van der Waals surface area contributed by atoms with E-state index in [2.05, 4.69) is 9.73 Å². The molecule has 0 fully saturated rings. The highest BCUT2D eigenvalue weighted by Gasteiger charge is 2.28. The van der Waals surface area contributed by atoms with Gasteiger partial charge >= 0.3 is 11.9 Å². The number of aliphatic carboxylic acids is 2. The number of rotatable bonds is 2. The predicted octanol–water partition coefficient (Wildman–Crippen LogP) is -1.05. The number of carboxylic acids is 2. The average molecular weight is 159 g/mol. The summed E-state index contributed by atoms with van der Waals surface area (Å²) < 4.78 is 4.46. The second-order valence-electron chi connectivity index (χ2n) is 1.90. The third kappa shape index (κ3) is 1.46. The third-order valence-corrected chi connectivity index (χ3v) is 1.12. The number of aliphatic imine (C=N–C) groups is 1. The van der Waals surface area contributed by atoms with Crippen molar-refractivity contribution in [1.82, 2.24) is 0 Å². The van der Waals surface area contributed by atoms with E-state index in [1.165, 1.54) is 0 Å². The lowest BCUT2D eigenvalue weighted by atomic mass is 10.3. The number of carboxylic acid groups (broad SMARTS) is 2. The van der Waals surface area contributed by atoms with Crippen molar-refractivity contribution in [2.24, 2.45) is 4.99 Å². The van der Waals surface area contributed by atoms with Crippen molar-refractivity contribution in [1.29, 1.82) is 0 Å². The number of hydrogen-bond acceptors (Lipinski definition) is 4. The summed E-state index contributed by atoms with van der Waals surface area (Å²) in [6, 6.07) is -1.07. The zero-order valence-corrected chi connectivity index (χ0v) is 5.35. The Labute approximate surface area is 61.1 Å². The van der Waals surface area contributed by atoms with Gasteiger partial charge in [-0.25, -0.2) is 14.6 Å². The van der Waals surface area contributed by atoms with Gasteiger partial charge in [0.05, 0.1) is 0 Å². The van der Waals surface area contributed by atoms with Crippen LogP contribution in [0.3, 0.4) is 0 Å². The lowest BCUT2D eigenvalue weighted by Crippen LogP contribution is -2.18. The first-order valence-electron chi connectivity index (χ1n) is 2.78. The van der Waals surface area contributed by atoms with Crippen LogP contribution >= 0.6 is 0 Å². The van der Waals surface area contributed by atoms with Crippen LogP contribution in [0, 0.1) is 0 Å². The first kappa shape index (κ1) is 7.52. The lowest BCUT2D eigenvalue weighted by Gasteiger charge is -1.94. The Bertz CT molecular complexity index is 233. The van der Waals surface area contributed by atoms with Crippen LogP contribution in [0.5, 0.6) is 0 Å². The zero-order valence-electron chi connectivity index (χ0n) is 5.35. The second kappa shape index (κ2) is 2.57. The monoisotopic (exact) mass is 159 g/mol. The molecule has 1 aliphatic rings. The molecule has 0 aliphatic carbocycles. The summed E-state index contributed by atoms with van der Waals surface area (Å²) in [6.07, 6.45) is 0. The van der Waals surface area contributed by atoms with E-state index in [4.69, 9.17) is 10.2 Å². The minimum Gasteiger partial charge on any atom is -0.480 e. The molecule has 0 bridgehead atoms. The van der Waals surface area contributed by atoms with Crippen molar-refractivity contribution in [3.63, 3.8) is 0 Å². The fourth-order valence-corrected chi connectivity index (χ4v) is 0.617. The van der Waals surface area contributed by atoms with Crippen LogP contribution in [0.2, 0.25) is 0 Å². The highest BCUT2D eigenvalue weighted by Crippen LogP contribution is 2.04. The van der Waals surface area contributed by atoms with E-state index in [0.717, 1.165) is 0 Å². The maximum atomic E-state index is 10.2. The van der Waals surface area contributed by atoms with Crippen molar-refractivity contribution >= 4 is 17.8 Å². The van der Waals surface area contributed by atoms with Crippen LogP contribution in [-0.4, -0.2) is 40.7 Å².